The fourth-order valence-electron chi connectivity index (χ4n) is 4.10. The molecule has 0 aliphatic heterocycles. The van der Waals surface area contributed by atoms with Crippen LogP contribution in [0, 0.1) is 27.7 Å². The van der Waals surface area contributed by atoms with Crippen LogP contribution in [0.15, 0.2) is 54.6 Å². The van der Waals surface area contributed by atoms with E-state index < -0.39 is 5.97 Å². The number of aromatic hydroxyl groups is 1. The summed E-state index contributed by atoms with van der Waals surface area (Å²) >= 11 is 0. The number of phenols is 1. The van der Waals surface area contributed by atoms with Gasteiger partial charge in [0.15, 0.2) is 24.1 Å². The monoisotopic (exact) mass is 483 g/mol. The van der Waals surface area contributed by atoms with Gasteiger partial charge in [0.2, 0.25) is 0 Å². The van der Waals surface area contributed by atoms with E-state index in [9.17, 15) is 9.90 Å². The quantitative estimate of drug-likeness (QED) is 0.334. The maximum Gasteiger partial charge on any atom is 0.344 e. The Morgan fingerprint density at radius 1 is 0.750 bits per heavy atom. The van der Waals surface area contributed by atoms with Crippen LogP contribution in [0.25, 0.3) is 34.2 Å². The summed E-state index contributed by atoms with van der Waals surface area (Å²) in [6.07, 6.45) is 0. The Kier molecular flexibility index (Phi) is 7.29. The van der Waals surface area contributed by atoms with Crippen LogP contribution in [-0.4, -0.2) is 39.2 Å². The summed E-state index contributed by atoms with van der Waals surface area (Å²) < 4.78 is 10.3. The first-order valence-electron chi connectivity index (χ1n) is 11.8. The van der Waals surface area contributed by atoms with E-state index in [0.717, 1.165) is 33.4 Å². The summed E-state index contributed by atoms with van der Waals surface area (Å²) in [7, 11) is 0. The Morgan fingerprint density at radius 3 is 1.72 bits per heavy atom. The fraction of sp³-hybridized carbons (Fsp3) is 0.241. The van der Waals surface area contributed by atoms with E-state index in [4.69, 9.17) is 24.4 Å². The van der Waals surface area contributed by atoms with Crippen molar-refractivity contribution in [3.8, 4) is 45.7 Å². The molecule has 0 saturated carbocycles. The molecule has 7 heteroatoms. The summed E-state index contributed by atoms with van der Waals surface area (Å²) in [4.78, 5) is 25.8. The number of phenolic OH excluding ortho intramolecular Hbond substituents is 1. The van der Waals surface area contributed by atoms with Gasteiger partial charge in [-0.3, -0.25) is 0 Å². The lowest BCUT2D eigenvalue weighted by atomic mass is 10.1. The van der Waals surface area contributed by atoms with E-state index >= 15 is 0 Å². The van der Waals surface area contributed by atoms with E-state index in [-0.39, 0.29) is 19.0 Å². The fourth-order valence-corrected chi connectivity index (χ4v) is 4.10. The molecule has 184 valence electrons. The predicted octanol–water partition coefficient (Wildman–Crippen LogP) is 5.75. The molecule has 0 atom stereocenters. The lowest BCUT2D eigenvalue weighted by molar-refractivity contribution is -0.145. The van der Waals surface area contributed by atoms with E-state index in [1.54, 1.807) is 19.1 Å². The smallest absolute Gasteiger partial charge is 0.344 e. The third kappa shape index (κ3) is 5.86. The second-order valence-corrected chi connectivity index (χ2v) is 8.83. The largest absolute Gasteiger partial charge is 0.507 e. The Morgan fingerprint density at radius 2 is 1.25 bits per heavy atom. The minimum absolute atomic E-state index is 0.0692. The molecule has 4 aromatic rings. The van der Waals surface area contributed by atoms with Crippen molar-refractivity contribution in [3.63, 3.8) is 0 Å². The molecule has 1 N–H and O–H groups in total. The second-order valence-electron chi connectivity index (χ2n) is 8.83. The standard InChI is InChI=1S/C29H29N3O4/c1-6-35-26(34)16-36-23-7-8-24(25(33)15-23)29-31-27(21-11-17(2)9-18(3)12-21)30-28(32-29)22-13-19(4)10-20(5)14-22/h7-15,33H,6,16H2,1-5H3. The molecule has 36 heavy (non-hydrogen) atoms. The van der Waals surface area contributed by atoms with E-state index in [2.05, 4.69) is 12.1 Å². The minimum atomic E-state index is -0.477. The highest BCUT2D eigenvalue weighted by atomic mass is 16.6. The van der Waals surface area contributed by atoms with Gasteiger partial charge in [-0.1, -0.05) is 34.4 Å². The van der Waals surface area contributed by atoms with Crippen LogP contribution in [0.4, 0.5) is 0 Å². The Bertz CT molecular complexity index is 1320. The van der Waals surface area contributed by atoms with Crippen LogP contribution in [0.2, 0.25) is 0 Å². The third-order valence-corrected chi connectivity index (χ3v) is 5.47. The molecule has 1 aromatic heterocycles. The molecule has 0 spiro atoms. The van der Waals surface area contributed by atoms with Gasteiger partial charge in [0.25, 0.3) is 0 Å². The second kappa shape index (κ2) is 10.6. The molecule has 0 unspecified atom stereocenters. The minimum Gasteiger partial charge on any atom is -0.507 e. The van der Waals surface area contributed by atoms with Crippen molar-refractivity contribution in [3.05, 3.63) is 76.9 Å². The Labute approximate surface area is 210 Å². The SMILES string of the molecule is CCOC(=O)COc1ccc(-c2nc(-c3cc(C)cc(C)c3)nc(-c3cc(C)cc(C)c3)n2)c(O)c1. The van der Waals surface area contributed by atoms with Crippen molar-refractivity contribution < 1.29 is 19.4 Å². The Hall–Kier alpha value is -4.26. The van der Waals surface area contributed by atoms with Crippen molar-refractivity contribution in [2.45, 2.75) is 34.6 Å². The van der Waals surface area contributed by atoms with Crippen molar-refractivity contribution in [1.82, 2.24) is 15.0 Å². The number of hydrogen-bond acceptors (Lipinski definition) is 7. The first kappa shape index (κ1) is 24.9. The number of esters is 1. The van der Waals surface area contributed by atoms with Crippen molar-refractivity contribution in [2.75, 3.05) is 13.2 Å². The van der Waals surface area contributed by atoms with Crippen molar-refractivity contribution in [1.29, 1.82) is 0 Å². The Balaban J connectivity index is 1.80. The zero-order chi connectivity index (χ0) is 25.8. The number of aromatic nitrogens is 3. The van der Waals surface area contributed by atoms with Crippen LogP contribution in [0.3, 0.4) is 0 Å². The number of benzene rings is 3. The summed E-state index contributed by atoms with van der Waals surface area (Å²) in [5, 5.41) is 10.8. The van der Waals surface area contributed by atoms with E-state index in [1.807, 2.05) is 52.0 Å². The van der Waals surface area contributed by atoms with Gasteiger partial charge < -0.3 is 14.6 Å². The zero-order valence-corrected chi connectivity index (χ0v) is 21.1. The summed E-state index contributed by atoms with van der Waals surface area (Å²) in [6.45, 7) is 9.89. The first-order chi connectivity index (χ1) is 17.2. The molecule has 1 heterocycles. The zero-order valence-electron chi connectivity index (χ0n) is 21.1. The number of hydrogen-bond donors (Lipinski definition) is 1. The molecule has 0 amide bonds. The molecule has 0 aliphatic rings. The van der Waals surface area contributed by atoms with Gasteiger partial charge in [-0.25, -0.2) is 19.7 Å². The highest BCUT2D eigenvalue weighted by Crippen LogP contribution is 2.33. The van der Waals surface area contributed by atoms with Crippen molar-refractivity contribution >= 4 is 5.97 Å². The molecule has 0 bridgehead atoms. The molecular formula is C29H29N3O4. The number of carbonyl (C=O) groups is 1. The van der Waals surface area contributed by atoms with Gasteiger partial charge in [0.1, 0.15) is 11.5 Å². The highest BCUT2D eigenvalue weighted by molar-refractivity contribution is 5.72. The van der Waals surface area contributed by atoms with E-state index in [1.165, 1.54) is 6.07 Å². The van der Waals surface area contributed by atoms with Crippen LogP contribution < -0.4 is 4.74 Å². The molecule has 0 fully saturated rings. The van der Waals surface area contributed by atoms with Crippen LogP contribution in [0.5, 0.6) is 11.5 Å². The van der Waals surface area contributed by atoms with Crippen LogP contribution >= 0.6 is 0 Å². The lowest BCUT2D eigenvalue weighted by Gasteiger charge is -2.12. The summed E-state index contributed by atoms with van der Waals surface area (Å²) in [5.41, 5.74) is 6.58. The topological polar surface area (TPSA) is 94.4 Å². The van der Waals surface area contributed by atoms with Crippen molar-refractivity contribution in [2.24, 2.45) is 0 Å². The number of ether oxygens (including phenoxy) is 2. The molecule has 0 radical (unpaired) electrons. The van der Waals surface area contributed by atoms with Gasteiger partial charge in [0, 0.05) is 17.2 Å². The maximum atomic E-state index is 11.6. The van der Waals surface area contributed by atoms with Gasteiger partial charge in [-0.2, -0.15) is 0 Å². The van der Waals surface area contributed by atoms with Crippen LogP contribution in [-0.2, 0) is 9.53 Å². The summed E-state index contributed by atoms with van der Waals surface area (Å²) in [5.74, 6) is 1.16. The molecule has 0 saturated heterocycles. The van der Waals surface area contributed by atoms with Gasteiger partial charge in [0.05, 0.1) is 12.2 Å². The average Bonchev–Trinajstić information content (AvgIpc) is 2.81. The van der Waals surface area contributed by atoms with Gasteiger partial charge >= 0.3 is 5.97 Å². The number of nitrogens with zero attached hydrogens (tertiary/aromatic N) is 3. The maximum absolute atomic E-state index is 11.6. The average molecular weight is 484 g/mol. The third-order valence-electron chi connectivity index (χ3n) is 5.47. The molecule has 0 aliphatic carbocycles. The number of carbonyl (C=O) groups excluding carboxylic acids is 1. The van der Waals surface area contributed by atoms with E-state index in [0.29, 0.717) is 28.8 Å². The number of aryl methyl sites for hydroxylation is 4. The number of rotatable bonds is 7. The molecular weight excluding hydrogens is 454 g/mol. The predicted molar refractivity (Wildman–Crippen MR) is 139 cm³/mol. The highest BCUT2D eigenvalue weighted by Gasteiger charge is 2.16. The molecule has 7 nitrogen and oxygen atoms in total. The summed E-state index contributed by atoms with van der Waals surface area (Å²) in [6, 6.07) is 17.1. The van der Waals surface area contributed by atoms with Gasteiger partial charge in [-0.15, -0.1) is 0 Å². The first-order valence-corrected chi connectivity index (χ1v) is 11.8. The normalized spacial score (nSPS) is 10.8. The van der Waals surface area contributed by atoms with Gasteiger partial charge in [-0.05, 0) is 71.0 Å². The molecule has 3 aromatic carbocycles. The van der Waals surface area contributed by atoms with Crippen LogP contribution in [0.1, 0.15) is 29.2 Å². The molecule has 4 rings (SSSR count). The lowest BCUT2D eigenvalue weighted by Crippen LogP contribution is -2.14.